The molecule has 0 amide bonds. The second-order valence-electron chi connectivity index (χ2n) is 18.1. The lowest BCUT2D eigenvalue weighted by Gasteiger charge is -2.18. The van der Waals surface area contributed by atoms with Gasteiger partial charge in [0, 0.05) is 19.3 Å². The predicted molar refractivity (Wildman–Crippen MR) is 284 cm³/mol. The van der Waals surface area contributed by atoms with E-state index >= 15 is 0 Å². The van der Waals surface area contributed by atoms with Gasteiger partial charge in [-0.1, -0.05) is 215 Å². The van der Waals surface area contributed by atoms with Gasteiger partial charge in [0.1, 0.15) is 13.2 Å². The van der Waals surface area contributed by atoms with Gasteiger partial charge in [-0.25, -0.2) is 0 Å². The Morgan fingerprint density at radius 1 is 0.318 bits per heavy atom. The van der Waals surface area contributed by atoms with Crippen LogP contribution >= 0.6 is 0 Å². The molecule has 0 aliphatic heterocycles. The van der Waals surface area contributed by atoms with Crippen molar-refractivity contribution in [1.82, 2.24) is 0 Å². The van der Waals surface area contributed by atoms with Crippen LogP contribution < -0.4 is 0 Å². The second kappa shape index (κ2) is 54.2. The van der Waals surface area contributed by atoms with Gasteiger partial charge in [0.05, 0.1) is 0 Å². The number of allylic oxidation sites excluding steroid dienone is 14. The van der Waals surface area contributed by atoms with E-state index in [4.69, 9.17) is 14.2 Å². The molecule has 378 valence electrons. The van der Waals surface area contributed by atoms with E-state index in [1.165, 1.54) is 109 Å². The van der Waals surface area contributed by atoms with Crippen molar-refractivity contribution in [3.05, 3.63) is 85.1 Å². The Balaban J connectivity index is 4.42. The van der Waals surface area contributed by atoms with E-state index in [0.29, 0.717) is 19.3 Å². The van der Waals surface area contributed by atoms with Gasteiger partial charge in [-0.15, -0.1) is 0 Å². The van der Waals surface area contributed by atoms with Crippen LogP contribution in [0.3, 0.4) is 0 Å². The number of ether oxygens (including phenoxy) is 3. The molecule has 1 unspecified atom stereocenters. The molecule has 6 nitrogen and oxygen atoms in total. The number of rotatable bonds is 49. The summed E-state index contributed by atoms with van der Waals surface area (Å²) in [7, 11) is 0. The molecule has 0 radical (unpaired) electrons. The van der Waals surface area contributed by atoms with Crippen LogP contribution in [0.2, 0.25) is 0 Å². The van der Waals surface area contributed by atoms with E-state index in [0.717, 1.165) is 109 Å². The monoisotopic (exact) mass is 919 g/mol. The fourth-order valence-corrected chi connectivity index (χ4v) is 7.52. The largest absolute Gasteiger partial charge is 0.462 e. The highest BCUT2D eigenvalue weighted by Gasteiger charge is 2.19. The van der Waals surface area contributed by atoms with Crippen LogP contribution in [0.5, 0.6) is 0 Å². The molecular formula is C60H102O6. The van der Waals surface area contributed by atoms with E-state index < -0.39 is 6.10 Å². The predicted octanol–water partition coefficient (Wildman–Crippen LogP) is 18.4. The highest BCUT2D eigenvalue weighted by atomic mass is 16.6. The van der Waals surface area contributed by atoms with E-state index in [1.807, 2.05) is 0 Å². The third-order valence-corrected chi connectivity index (χ3v) is 11.6. The Bertz CT molecular complexity index is 1290. The summed E-state index contributed by atoms with van der Waals surface area (Å²) in [6.45, 7) is 6.38. The van der Waals surface area contributed by atoms with E-state index in [-0.39, 0.29) is 31.1 Å². The summed E-state index contributed by atoms with van der Waals surface area (Å²) in [5, 5.41) is 0. The number of carbonyl (C=O) groups excluding carboxylic acids is 3. The zero-order valence-electron chi connectivity index (χ0n) is 43.2. The molecule has 0 aromatic carbocycles. The van der Waals surface area contributed by atoms with Gasteiger partial charge in [0.2, 0.25) is 0 Å². The lowest BCUT2D eigenvalue weighted by molar-refractivity contribution is -0.167. The van der Waals surface area contributed by atoms with Crippen LogP contribution in [0.4, 0.5) is 0 Å². The minimum atomic E-state index is -0.796. The van der Waals surface area contributed by atoms with Crippen LogP contribution in [0, 0.1) is 0 Å². The molecular weight excluding hydrogens is 817 g/mol. The number of hydrogen-bond donors (Lipinski definition) is 0. The zero-order chi connectivity index (χ0) is 47.9. The van der Waals surface area contributed by atoms with Gasteiger partial charge in [-0.3, -0.25) is 14.4 Å². The van der Waals surface area contributed by atoms with Gasteiger partial charge in [-0.2, -0.15) is 0 Å². The van der Waals surface area contributed by atoms with Crippen molar-refractivity contribution in [2.24, 2.45) is 0 Å². The SMILES string of the molecule is CC/C=C\C/C=C\C/C=C\CCCCCCCCCC(=O)OC(COC(=O)CCCCC/C=C\C/C=C\C/C=C\CC)COC(=O)CCCCCCCCC/C=C\CCCCCCCCC. The van der Waals surface area contributed by atoms with Crippen molar-refractivity contribution in [1.29, 1.82) is 0 Å². The molecule has 66 heavy (non-hydrogen) atoms. The number of esters is 3. The molecule has 0 spiro atoms. The summed E-state index contributed by atoms with van der Waals surface area (Å²) in [6.07, 6.45) is 70.0. The minimum absolute atomic E-state index is 0.0924. The first-order chi connectivity index (χ1) is 32.5. The molecule has 0 rings (SSSR count). The molecule has 6 heteroatoms. The normalized spacial score (nSPS) is 12.7. The van der Waals surface area contributed by atoms with Gasteiger partial charge in [0.15, 0.2) is 6.10 Å². The van der Waals surface area contributed by atoms with Crippen molar-refractivity contribution in [2.75, 3.05) is 13.2 Å². The van der Waals surface area contributed by atoms with E-state index in [9.17, 15) is 14.4 Å². The topological polar surface area (TPSA) is 78.9 Å². The first-order valence-electron chi connectivity index (χ1n) is 27.6. The Hall–Kier alpha value is -3.41. The second-order valence-corrected chi connectivity index (χ2v) is 18.1. The van der Waals surface area contributed by atoms with Crippen molar-refractivity contribution in [3.8, 4) is 0 Å². The number of hydrogen-bond acceptors (Lipinski definition) is 6. The van der Waals surface area contributed by atoms with Gasteiger partial charge < -0.3 is 14.2 Å². The summed E-state index contributed by atoms with van der Waals surface area (Å²) in [5.41, 5.74) is 0. The Kier molecular flexibility index (Phi) is 51.4. The number of carbonyl (C=O) groups is 3. The first-order valence-corrected chi connectivity index (χ1v) is 27.6. The zero-order valence-corrected chi connectivity index (χ0v) is 43.2. The summed E-state index contributed by atoms with van der Waals surface area (Å²) in [5.74, 6) is -0.934. The first kappa shape index (κ1) is 62.6. The summed E-state index contributed by atoms with van der Waals surface area (Å²) in [4.78, 5) is 38.1. The molecule has 0 heterocycles. The van der Waals surface area contributed by atoms with Crippen LogP contribution in [0.15, 0.2) is 85.1 Å². The van der Waals surface area contributed by atoms with Crippen molar-refractivity contribution in [2.45, 2.75) is 264 Å². The van der Waals surface area contributed by atoms with Crippen molar-refractivity contribution in [3.63, 3.8) is 0 Å². The minimum Gasteiger partial charge on any atom is -0.462 e. The molecule has 0 fully saturated rings. The molecule has 0 bridgehead atoms. The third kappa shape index (κ3) is 51.6. The van der Waals surface area contributed by atoms with Crippen molar-refractivity contribution >= 4 is 17.9 Å². The molecule has 0 aliphatic carbocycles. The molecule has 0 saturated carbocycles. The third-order valence-electron chi connectivity index (χ3n) is 11.6. The molecule has 0 aromatic heterocycles. The van der Waals surface area contributed by atoms with E-state index in [2.05, 4.69) is 106 Å². The standard InChI is InChI=1S/C60H102O6/c1-4-7-10-13-16-19-22-25-27-29-31-32-35-38-41-44-47-50-53-59(62)65-56-57(55-64-58(61)52-49-46-43-40-37-34-24-21-18-15-12-9-6-3)66-60(63)54-51-48-45-42-39-36-33-30-28-26-23-20-17-14-11-8-5-2/h8-9,11-12,17-18,20-21,26-29,34,37,57H,4-7,10,13-16,19,22-25,30-33,35-36,38-56H2,1-3H3/b11-8-,12-9-,20-17-,21-18-,28-26-,29-27-,37-34-. The maximum atomic E-state index is 12.8. The Morgan fingerprint density at radius 3 is 0.955 bits per heavy atom. The highest BCUT2D eigenvalue weighted by Crippen LogP contribution is 2.14. The fraction of sp³-hybridized carbons (Fsp3) is 0.717. The van der Waals surface area contributed by atoms with Crippen molar-refractivity contribution < 1.29 is 28.6 Å². The fourth-order valence-electron chi connectivity index (χ4n) is 7.52. The van der Waals surface area contributed by atoms with Crippen LogP contribution in [-0.4, -0.2) is 37.2 Å². The maximum Gasteiger partial charge on any atom is 0.306 e. The lowest BCUT2D eigenvalue weighted by atomic mass is 10.1. The van der Waals surface area contributed by atoms with E-state index in [1.54, 1.807) is 0 Å². The van der Waals surface area contributed by atoms with Crippen LogP contribution in [0.25, 0.3) is 0 Å². The average Bonchev–Trinajstić information content (AvgIpc) is 3.31. The highest BCUT2D eigenvalue weighted by molar-refractivity contribution is 5.71. The molecule has 0 N–H and O–H groups in total. The smallest absolute Gasteiger partial charge is 0.306 e. The molecule has 0 saturated heterocycles. The van der Waals surface area contributed by atoms with Gasteiger partial charge in [0.25, 0.3) is 0 Å². The van der Waals surface area contributed by atoms with Gasteiger partial charge in [-0.05, 0) is 109 Å². The summed E-state index contributed by atoms with van der Waals surface area (Å²) < 4.78 is 16.8. The lowest BCUT2D eigenvalue weighted by Crippen LogP contribution is -2.30. The van der Waals surface area contributed by atoms with Gasteiger partial charge >= 0.3 is 17.9 Å². The Morgan fingerprint density at radius 2 is 0.591 bits per heavy atom. The molecule has 0 aromatic rings. The summed E-state index contributed by atoms with van der Waals surface area (Å²) in [6, 6.07) is 0. The Labute approximate surface area is 407 Å². The van der Waals surface area contributed by atoms with Crippen LogP contribution in [-0.2, 0) is 28.6 Å². The number of unbranched alkanes of at least 4 members (excludes halogenated alkanes) is 24. The molecule has 0 aliphatic rings. The van der Waals surface area contributed by atoms with Crippen LogP contribution in [0.1, 0.15) is 258 Å². The maximum absolute atomic E-state index is 12.8. The summed E-state index contributed by atoms with van der Waals surface area (Å²) >= 11 is 0. The average molecular weight is 919 g/mol. The quantitative estimate of drug-likeness (QED) is 0.0262. The molecule has 1 atom stereocenters.